The van der Waals surface area contributed by atoms with E-state index in [0.29, 0.717) is 0 Å². The topological polar surface area (TPSA) is 59.1 Å². The fraction of sp³-hybridized carbons (Fsp3) is 0.562. The number of nitrogens with one attached hydrogen (secondary N) is 1. The Morgan fingerprint density at radius 1 is 1.19 bits per heavy atom. The van der Waals surface area contributed by atoms with Gasteiger partial charge in [-0.2, -0.15) is 0 Å². The number of nitrogens with zero attached hydrogens (tertiary/aromatic N) is 3. The van der Waals surface area contributed by atoms with Crippen LogP contribution in [0.5, 0.6) is 0 Å². The average molecular weight is 287 g/mol. The molecule has 1 fully saturated rings. The van der Waals surface area contributed by atoms with Gasteiger partial charge in [-0.25, -0.2) is 4.98 Å². The number of aryl methyl sites for hydroxylation is 1. The van der Waals surface area contributed by atoms with Gasteiger partial charge in [0.2, 0.25) is 0 Å². The summed E-state index contributed by atoms with van der Waals surface area (Å²) in [5, 5.41) is 3.45. The van der Waals surface area contributed by atoms with Crippen molar-refractivity contribution in [2.75, 3.05) is 32.7 Å². The fourth-order valence-corrected chi connectivity index (χ4v) is 3.00. The first-order valence-corrected chi connectivity index (χ1v) is 7.96. The highest BCUT2D eigenvalue weighted by molar-refractivity contribution is 5.75. The van der Waals surface area contributed by atoms with Crippen LogP contribution >= 0.6 is 0 Å². The van der Waals surface area contributed by atoms with Gasteiger partial charge in [-0.1, -0.05) is 12.1 Å². The van der Waals surface area contributed by atoms with Gasteiger partial charge < -0.3 is 15.6 Å². The summed E-state index contributed by atoms with van der Waals surface area (Å²) in [6.07, 6.45) is 2.21. The van der Waals surface area contributed by atoms with Crippen molar-refractivity contribution in [3.05, 3.63) is 30.1 Å². The van der Waals surface area contributed by atoms with Crippen LogP contribution < -0.4 is 11.1 Å². The Hall–Kier alpha value is -1.43. The molecule has 1 saturated heterocycles. The Morgan fingerprint density at radius 2 is 2.10 bits per heavy atom. The first-order valence-electron chi connectivity index (χ1n) is 7.96. The van der Waals surface area contributed by atoms with Gasteiger partial charge in [0.15, 0.2) is 0 Å². The van der Waals surface area contributed by atoms with Crippen LogP contribution in [-0.4, -0.2) is 47.2 Å². The summed E-state index contributed by atoms with van der Waals surface area (Å²) in [7, 11) is 0. The lowest BCUT2D eigenvalue weighted by molar-refractivity contribution is 0.273. The van der Waals surface area contributed by atoms with Crippen molar-refractivity contribution in [3.8, 4) is 0 Å². The van der Waals surface area contributed by atoms with E-state index in [4.69, 9.17) is 10.7 Å². The number of para-hydroxylation sites is 2. The maximum Gasteiger partial charge on any atom is 0.124 e. The van der Waals surface area contributed by atoms with Gasteiger partial charge in [0.1, 0.15) is 5.82 Å². The molecule has 1 aliphatic rings. The number of imidazole rings is 1. The van der Waals surface area contributed by atoms with E-state index in [1.807, 2.05) is 0 Å². The van der Waals surface area contributed by atoms with Gasteiger partial charge >= 0.3 is 0 Å². The van der Waals surface area contributed by atoms with Gasteiger partial charge in [0.25, 0.3) is 0 Å². The first-order chi connectivity index (χ1) is 10.4. The summed E-state index contributed by atoms with van der Waals surface area (Å²) in [6, 6.07) is 8.40. The molecule has 0 aliphatic carbocycles. The standard InChI is InChI=1S/C16H25N5/c17-7-3-11-21-15-6-2-1-5-14(15)19-16(21)13-20-10-4-8-18-9-12-20/h1-2,5-6,18H,3-4,7-13,17H2. The van der Waals surface area contributed by atoms with E-state index in [1.54, 1.807) is 0 Å². The molecule has 3 N–H and O–H groups in total. The number of benzene rings is 1. The van der Waals surface area contributed by atoms with E-state index in [0.717, 1.165) is 57.8 Å². The zero-order valence-corrected chi connectivity index (χ0v) is 12.6. The van der Waals surface area contributed by atoms with Crippen molar-refractivity contribution in [2.24, 2.45) is 5.73 Å². The number of hydrogen-bond acceptors (Lipinski definition) is 4. The Kier molecular flexibility index (Phi) is 4.85. The quantitative estimate of drug-likeness (QED) is 0.867. The number of rotatable bonds is 5. The number of fused-ring (bicyclic) bond motifs is 1. The maximum atomic E-state index is 5.69. The molecule has 21 heavy (non-hydrogen) atoms. The summed E-state index contributed by atoms with van der Waals surface area (Å²) in [5.41, 5.74) is 8.02. The van der Waals surface area contributed by atoms with Gasteiger partial charge in [-0.3, -0.25) is 4.90 Å². The average Bonchev–Trinajstić information content (AvgIpc) is 2.67. The van der Waals surface area contributed by atoms with Crippen molar-refractivity contribution in [1.82, 2.24) is 19.8 Å². The molecule has 0 bridgehead atoms. The van der Waals surface area contributed by atoms with E-state index in [1.165, 1.54) is 17.8 Å². The molecule has 0 spiro atoms. The van der Waals surface area contributed by atoms with Crippen LogP contribution in [0.25, 0.3) is 11.0 Å². The second-order valence-electron chi connectivity index (χ2n) is 5.69. The van der Waals surface area contributed by atoms with Gasteiger partial charge in [0, 0.05) is 19.6 Å². The monoisotopic (exact) mass is 287 g/mol. The zero-order chi connectivity index (χ0) is 14.5. The predicted octanol–water partition coefficient (Wildman–Crippen LogP) is 1.18. The molecule has 0 unspecified atom stereocenters. The highest BCUT2D eigenvalue weighted by Gasteiger charge is 2.15. The normalized spacial score (nSPS) is 17.2. The largest absolute Gasteiger partial charge is 0.330 e. The minimum atomic E-state index is 0.722. The Bertz CT molecular complexity index is 569. The third-order valence-corrected chi connectivity index (χ3v) is 4.12. The van der Waals surface area contributed by atoms with Gasteiger partial charge in [-0.15, -0.1) is 0 Å². The smallest absolute Gasteiger partial charge is 0.124 e. The van der Waals surface area contributed by atoms with E-state index >= 15 is 0 Å². The summed E-state index contributed by atoms with van der Waals surface area (Å²) in [4.78, 5) is 7.35. The third-order valence-electron chi connectivity index (χ3n) is 4.12. The van der Waals surface area contributed by atoms with E-state index < -0.39 is 0 Å². The van der Waals surface area contributed by atoms with Crippen molar-refractivity contribution in [2.45, 2.75) is 25.9 Å². The summed E-state index contributed by atoms with van der Waals surface area (Å²) in [6.45, 7) is 7.05. The van der Waals surface area contributed by atoms with E-state index in [9.17, 15) is 0 Å². The number of nitrogens with two attached hydrogens (primary N) is 1. The highest BCUT2D eigenvalue weighted by Crippen LogP contribution is 2.18. The molecule has 114 valence electrons. The first kappa shape index (κ1) is 14.5. The van der Waals surface area contributed by atoms with Crippen molar-refractivity contribution in [1.29, 1.82) is 0 Å². The van der Waals surface area contributed by atoms with Crippen molar-refractivity contribution in [3.63, 3.8) is 0 Å². The number of hydrogen-bond donors (Lipinski definition) is 2. The molecule has 0 radical (unpaired) electrons. The molecule has 0 atom stereocenters. The molecule has 0 amide bonds. The molecular formula is C16H25N5. The Morgan fingerprint density at radius 3 is 3.00 bits per heavy atom. The van der Waals surface area contributed by atoms with Crippen LogP contribution in [0.2, 0.25) is 0 Å². The molecule has 5 nitrogen and oxygen atoms in total. The number of aromatic nitrogens is 2. The lowest BCUT2D eigenvalue weighted by atomic mass is 10.3. The van der Waals surface area contributed by atoms with Crippen LogP contribution in [0.4, 0.5) is 0 Å². The summed E-state index contributed by atoms with van der Waals surface area (Å²) >= 11 is 0. The molecule has 5 heteroatoms. The van der Waals surface area contributed by atoms with Crippen molar-refractivity contribution < 1.29 is 0 Å². The molecule has 2 heterocycles. The second-order valence-corrected chi connectivity index (χ2v) is 5.69. The van der Waals surface area contributed by atoms with Crippen LogP contribution in [0.1, 0.15) is 18.7 Å². The van der Waals surface area contributed by atoms with Crippen LogP contribution in [-0.2, 0) is 13.1 Å². The molecule has 1 aliphatic heterocycles. The van der Waals surface area contributed by atoms with Crippen LogP contribution in [0.15, 0.2) is 24.3 Å². The molecule has 1 aromatic heterocycles. The maximum absolute atomic E-state index is 5.69. The summed E-state index contributed by atoms with van der Waals surface area (Å²) in [5.74, 6) is 1.17. The van der Waals surface area contributed by atoms with E-state index in [2.05, 4.69) is 39.0 Å². The minimum absolute atomic E-state index is 0.722. The summed E-state index contributed by atoms with van der Waals surface area (Å²) < 4.78 is 2.35. The molecule has 3 rings (SSSR count). The molecular weight excluding hydrogens is 262 g/mol. The molecule has 1 aromatic carbocycles. The zero-order valence-electron chi connectivity index (χ0n) is 12.6. The van der Waals surface area contributed by atoms with E-state index in [-0.39, 0.29) is 0 Å². The van der Waals surface area contributed by atoms with Crippen LogP contribution in [0.3, 0.4) is 0 Å². The molecule has 0 saturated carbocycles. The second kappa shape index (κ2) is 7.02. The Labute approximate surface area is 126 Å². The lowest BCUT2D eigenvalue weighted by Gasteiger charge is -2.19. The lowest BCUT2D eigenvalue weighted by Crippen LogP contribution is -2.29. The third kappa shape index (κ3) is 3.43. The van der Waals surface area contributed by atoms with Crippen molar-refractivity contribution >= 4 is 11.0 Å². The fourth-order valence-electron chi connectivity index (χ4n) is 3.00. The minimum Gasteiger partial charge on any atom is -0.330 e. The SMILES string of the molecule is NCCCn1c(CN2CCCNCC2)nc2ccccc21. The highest BCUT2D eigenvalue weighted by atomic mass is 15.2. The molecule has 2 aromatic rings. The van der Waals surface area contributed by atoms with Crippen LogP contribution in [0, 0.1) is 0 Å². The predicted molar refractivity (Wildman–Crippen MR) is 86.2 cm³/mol. The van der Waals surface area contributed by atoms with Gasteiger partial charge in [0.05, 0.1) is 17.6 Å². The van der Waals surface area contributed by atoms with Gasteiger partial charge in [-0.05, 0) is 44.6 Å². The Balaban J connectivity index is 1.85.